The molecule has 0 fully saturated rings. The Balaban J connectivity index is 0.000000221. The Morgan fingerprint density at radius 3 is 1.07 bits per heavy atom. The van der Waals surface area contributed by atoms with Crippen molar-refractivity contribution in [2.75, 3.05) is 14.2 Å². The molecule has 0 aliphatic heterocycles. The van der Waals surface area contributed by atoms with Crippen LogP contribution in [0.15, 0.2) is 252 Å². The van der Waals surface area contributed by atoms with Gasteiger partial charge >= 0.3 is 15.6 Å². The van der Waals surface area contributed by atoms with E-state index >= 15 is 0 Å². The van der Waals surface area contributed by atoms with Crippen molar-refractivity contribution in [3.8, 4) is 56.3 Å². The summed E-state index contributed by atoms with van der Waals surface area (Å²) in [4.78, 5) is 30.4. The summed E-state index contributed by atoms with van der Waals surface area (Å²) < 4.78 is 93.2. The fraction of sp³-hybridized carbons (Fsp3) is 0.145. The fourth-order valence-corrected chi connectivity index (χ4v) is 9.28. The number of furan rings is 2. The first-order valence-corrected chi connectivity index (χ1v) is 30.7. The number of fused-ring (bicyclic) bond motifs is 6. The van der Waals surface area contributed by atoms with Crippen LogP contribution in [-0.2, 0) is 50.3 Å². The summed E-state index contributed by atoms with van der Waals surface area (Å²) >= 11 is 0. The molecule has 20 heteroatoms. The third kappa shape index (κ3) is 21.1. The Morgan fingerprint density at radius 1 is 0.438 bits per heavy atom. The molecular formula is C76H69F3Ir2N7O7S-3. The molecule has 498 valence electrons. The molecule has 9 heterocycles. The van der Waals surface area contributed by atoms with E-state index < -0.39 is 22.5 Å². The van der Waals surface area contributed by atoms with Gasteiger partial charge in [-0.3, -0.25) is 14.5 Å². The number of aliphatic hydroxyl groups excluding tert-OH is 2. The number of hydrogen-bond donors (Lipinski definition) is 3. The van der Waals surface area contributed by atoms with Crippen LogP contribution in [0.3, 0.4) is 0 Å². The molecule has 5 aromatic carbocycles. The predicted octanol–water partition coefficient (Wildman–Crippen LogP) is 18.2. The van der Waals surface area contributed by atoms with Gasteiger partial charge in [0.05, 0.1) is 11.4 Å². The van der Waals surface area contributed by atoms with Crippen molar-refractivity contribution in [2.24, 2.45) is 0 Å². The number of hydrogen-bond acceptors (Lipinski definition) is 13. The number of aromatic nitrogens is 7. The summed E-state index contributed by atoms with van der Waals surface area (Å²) in [5.41, 5.74) is 10.2. The first-order valence-electron chi connectivity index (χ1n) is 30.7. The third-order valence-corrected chi connectivity index (χ3v) is 14.3. The van der Waals surface area contributed by atoms with Gasteiger partial charge in [0.25, 0.3) is 0 Å². The topological polar surface area (TPSA) is 211 Å². The van der Waals surface area contributed by atoms with Gasteiger partial charge < -0.3 is 34.0 Å². The minimum Gasteiger partial charge on any atom is -0.437 e. The Labute approximate surface area is 588 Å². The van der Waals surface area contributed by atoms with Gasteiger partial charge in [-0.25, -0.2) is 9.97 Å². The zero-order chi connectivity index (χ0) is 70.1. The van der Waals surface area contributed by atoms with Crippen LogP contribution < -0.4 is 0 Å². The number of benzene rings is 5. The second-order valence-electron chi connectivity index (χ2n) is 20.6. The van der Waals surface area contributed by atoms with E-state index in [4.69, 9.17) is 36.1 Å². The molecule has 2 radical (unpaired) electrons. The molecule has 0 saturated carbocycles. The molecule has 0 aliphatic carbocycles. The first-order chi connectivity index (χ1) is 46.7. The molecular weight excluding hydrogens is 1600 g/mol. The summed E-state index contributed by atoms with van der Waals surface area (Å²) in [5.74, 6) is 0.556. The van der Waals surface area contributed by atoms with Crippen molar-refractivity contribution in [3.63, 3.8) is 0 Å². The van der Waals surface area contributed by atoms with Gasteiger partial charge in [0.1, 0.15) is 11.2 Å². The van der Waals surface area contributed by atoms with Gasteiger partial charge in [0, 0.05) is 135 Å². The fourth-order valence-electron chi connectivity index (χ4n) is 9.28. The summed E-state index contributed by atoms with van der Waals surface area (Å²) in [6, 6.07) is 74.0. The average molecular weight is 1670 g/mol. The van der Waals surface area contributed by atoms with Crippen LogP contribution in [0.25, 0.3) is 100 Å². The Kier molecular flexibility index (Phi) is 28.9. The zero-order valence-corrected chi connectivity index (χ0v) is 58.7. The number of para-hydroxylation sites is 2. The molecule has 0 aliphatic rings. The number of alkyl halides is 3. The molecule has 0 atom stereocenters. The largest absolute Gasteiger partial charge is 0.522 e. The summed E-state index contributed by atoms with van der Waals surface area (Å²) in [5, 5.41) is 18.0. The van der Waals surface area contributed by atoms with E-state index in [0.717, 1.165) is 97.5 Å². The van der Waals surface area contributed by atoms with Crippen molar-refractivity contribution >= 4 is 54.3 Å². The van der Waals surface area contributed by atoms with Gasteiger partial charge in [-0.2, -0.15) is 21.6 Å². The number of nitrogens with zero attached hydrogens (tertiary/aromatic N) is 7. The molecule has 0 amide bonds. The van der Waals surface area contributed by atoms with Gasteiger partial charge in [0.2, 0.25) is 11.4 Å². The number of aliphatic hydroxyl groups is 2. The van der Waals surface area contributed by atoms with Gasteiger partial charge in [-0.15, -0.1) is 108 Å². The Bertz CT molecular complexity index is 4550. The van der Waals surface area contributed by atoms with E-state index in [9.17, 15) is 13.2 Å². The third-order valence-electron chi connectivity index (χ3n) is 13.7. The van der Waals surface area contributed by atoms with Crippen LogP contribution in [0.1, 0.15) is 65.9 Å². The van der Waals surface area contributed by atoms with E-state index in [-0.39, 0.29) is 46.1 Å². The maximum atomic E-state index is 10.7. The molecule has 96 heavy (non-hydrogen) atoms. The number of halogens is 3. The Morgan fingerprint density at radius 2 is 0.771 bits per heavy atom. The molecule has 14 aromatic rings. The minimum absolute atomic E-state index is 0. The molecule has 3 N–H and O–H groups in total. The number of rotatable bonds is 7. The monoisotopic (exact) mass is 1670 g/mol. The normalized spacial score (nSPS) is 11.1. The van der Waals surface area contributed by atoms with Crippen LogP contribution in [-0.4, -0.2) is 77.8 Å². The van der Waals surface area contributed by atoms with Crippen LogP contribution >= 0.6 is 0 Å². The van der Waals surface area contributed by atoms with Crippen molar-refractivity contribution in [1.82, 2.24) is 34.9 Å². The van der Waals surface area contributed by atoms with Crippen LogP contribution in [0.4, 0.5) is 13.2 Å². The van der Waals surface area contributed by atoms with E-state index in [1.165, 1.54) is 11.1 Å². The second-order valence-corrected chi connectivity index (χ2v) is 22.0. The maximum absolute atomic E-state index is 10.7. The quantitative estimate of drug-likeness (QED) is 0.0770. The summed E-state index contributed by atoms with van der Waals surface area (Å²) in [7, 11) is -3.84. The van der Waals surface area contributed by atoms with Crippen molar-refractivity contribution in [2.45, 2.75) is 58.8 Å². The number of aryl methyl sites for hydroxylation is 2. The van der Waals surface area contributed by atoms with E-state index in [0.29, 0.717) is 34.2 Å². The molecule has 14 nitrogen and oxygen atoms in total. The van der Waals surface area contributed by atoms with Crippen LogP contribution in [0, 0.1) is 32.0 Å². The molecule has 0 saturated heterocycles. The van der Waals surface area contributed by atoms with Crippen molar-refractivity contribution in [1.29, 1.82) is 0 Å². The van der Waals surface area contributed by atoms with Crippen LogP contribution in [0.5, 0.6) is 0 Å². The first kappa shape index (κ1) is 72.5. The number of pyridine rings is 7. The molecule has 9 aromatic heterocycles. The zero-order valence-electron chi connectivity index (χ0n) is 56.1. The molecule has 0 spiro atoms. The average Bonchev–Trinajstić information content (AvgIpc) is 1.70. The summed E-state index contributed by atoms with van der Waals surface area (Å²) in [6.07, 6.45) is 12.5. The van der Waals surface area contributed by atoms with Crippen molar-refractivity contribution < 1.29 is 89.5 Å². The maximum Gasteiger partial charge on any atom is 0.522 e. The van der Waals surface area contributed by atoms with E-state index in [1.807, 2.05) is 196 Å². The van der Waals surface area contributed by atoms with Crippen LogP contribution in [0.2, 0.25) is 0 Å². The van der Waals surface area contributed by atoms with Gasteiger partial charge in [-0.1, -0.05) is 88.4 Å². The Hall–Kier alpha value is -9.33. The molecule has 0 bridgehead atoms. The second kappa shape index (κ2) is 38.3. The van der Waals surface area contributed by atoms with Gasteiger partial charge in [-0.05, 0) is 132 Å². The minimum atomic E-state index is -5.84. The van der Waals surface area contributed by atoms with E-state index in [1.54, 1.807) is 43.2 Å². The standard InChI is InChI=1S/2C20H18N2O.3C11H8N.CHF3O3S.2CH4O.2Ir/c2*1-12(2)17-11-22-18(10-13(17)3)16-7-4-6-14-15-8-5-9-21-20(15)23-19(14)16;3*1-2-6-10(7-3-1)11-8-4-5-9-12-11;2-1(3,4)8(5,6)7;2*1-2;;/h2*4-12H,1-3H3;3*1-6,8-9H;(H,5,6,7);2*2H,1H3;;/q;;3*-1;;;;;/i3D3;;;;;;;;;. The smallest absolute Gasteiger partial charge is 0.437 e. The van der Waals surface area contributed by atoms with Crippen molar-refractivity contribution in [3.05, 3.63) is 284 Å². The molecule has 14 rings (SSSR count). The molecule has 0 unspecified atom stereocenters. The van der Waals surface area contributed by atoms with E-state index in [2.05, 4.69) is 92.1 Å². The SMILES string of the molecule is CO.CO.Cc1cc(-c2cccc3c2oc2ncccc23)ncc1C(C)C.O=S(=O)(O)C(F)(F)F.[2H]C([2H])([2H])c1cc(-c2cccc3c2oc2ncccc23)ncc1C(C)C.[Ir].[Ir].[c-]1ccccc1-c1ccccn1.[c-]1ccccc1-c1ccccn1.[c-]1ccccc1-c1ccccn1. The summed E-state index contributed by atoms with van der Waals surface area (Å²) in [6.45, 7) is 8.27. The van der Waals surface area contributed by atoms with Gasteiger partial charge in [0.15, 0.2) is 0 Å². The predicted molar refractivity (Wildman–Crippen MR) is 367 cm³/mol.